The van der Waals surface area contributed by atoms with Crippen LogP contribution in [0.5, 0.6) is 0 Å². The van der Waals surface area contributed by atoms with Crippen molar-refractivity contribution in [1.82, 2.24) is 39.5 Å². The van der Waals surface area contributed by atoms with Crippen LogP contribution in [0.4, 0.5) is 5.95 Å². The van der Waals surface area contributed by atoms with Crippen molar-refractivity contribution in [3.63, 3.8) is 0 Å². The summed E-state index contributed by atoms with van der Waals surface area (Å²) < 4.78 is 30.5. The number of rotatable bonds is 27. The lowest BCUT2D eigenvalue weighted by atomic mass is 10.2. The summed E-state index contributed by atoms with van der Waals surface area (Å²) in [7, 11) is -5.55. The van der Waals surface area contributed by atoms with Crippen molar-refractivity contribution in [2.24, 2.45) is 0 Å². The molecule has 0 bridgehead atoms. The van der Waals surface area contributed by atoms with Gasteiger partial charge >= 0.3 is 17.1 Å². The molecule has 2 fully saturated rings. The summed E-state index contributed by atoms with van der Waals surface area (Å²) >= 11 is 0. The van der Waals surface area contributed by atoms with E-state index in [1.165, 1.54) is 22.3 Å². The number of aromatic amines is 1. The second-order valence-electron chi connectivity index (χ2n) is 22.0. The number of H-pyrrole nitrogens is 1. The summed E-state index contributed by atoms with van der Waals surface area (Å²) in [6.45, 7) is 28.8. The molecule has 0 radical (unpaired) electrons. The van der Waals surface area contributed by atoms with Crippen LogP contribution in [0.2, 0.25) is 22.2 Å². The number of hydrogen-bond donors (Lipinski definition) is 3. The minimum atomic E-state index is -2.82. The number of anilines is 1. The largest absolute Gasteiger partial charge is 0.414 e. The molecule has 404 valence electrons. The SMILES string of the molecule is CC(C)[Si]1(C(C)C)OC[C@H]2O[C@@H](n3cnc4c(=O)[nH]c(NCCCN(CCN(CCN(CCNCc5ccccc5)Cc5ccccc5)Cc5ccccc5)Cc5ccccc5)nc43)C[C@@H]2O[Si](C(C)C)(C(C)C)O1. The van der Waals surface area contributed by atoms with Crippen molar-refractivity contribution in [2.45, 2.75) is 135 Å². The lowest BCUT2D eigenvalue weighted by Crippen LogP contribution is -2.65. The average Bonchev–Trinajstić information content (AvgIpc) is 4.03. The first kappa shape index (κ1) is 56.3. The maximum absolute atomic E-state index is 13.6. The Hall–Kier alpha value is -4.86. The molecule has 75 heavy (non-hydrogen) atoms. The van der Waals surface area contributed by atoms with Crippen molar-refractivity contribution >= 4 is 34.2 Å². The van der Waals surface area contributed by atoms with Gasteiger partial charge in [-0.15, -0.1) is 0 Å². The van der Waals surface area contributed by atoms with Gasteiger partial charge in [-0.3, -0.25) is 29.0 Å². The zero-order valence-electron chi connectivity index (χ0n) is 46.0. The van der Waals surface area contributed by atoms with Gasteiger partial charge in [-0.2, -0.15) is 4.98 Å². The molecule has 0 unspecified atom stereocenters. The normalized spacial score (nSPS) is 18.7. The molecule has 8 rings (SSSR count). The number of nitrogens with one attached hydrogen (secondary N) is 3. The standard InChI is InChI=1S/C59H85N9O5Si2/c1-45(2)74(46(3)4)70-43-54-53(72-75(73-74,47(5)6)48(7)8)38-55(71-54)68-44-62-56-57(68)63-59(64-58(56)69)61-30-21-32-65(40-50-24-15-10-16-25-50)34-36-67(42-52-28-19-12-20-29-52)37-35-66(41-51-26-17-11-18-27-51)33-31-60-39-49-22-13-9-14-23-49/h9-20,22-29,44-48,53-55,60H,21,30-43H2,1-8H3,(H2,61,63,64,69)/t53-,54+,55+/m0/s1. The van der Waals surface area contributed by atoms with E-state index in [0.717, 1.165) is 78.4 Å². The average molecular weight is 1060 g/mol. The van der Waals surface area contributed by atoms with Crippen LogP contribution in [0.15, 0.2) is 132 Å². The van der Waals surface area contributed by atoms with Gasteiger partial charge in [0.2, 0.25) is 5.95 Å². The first-order valence-electron chi connectivity index (χ1n) is 27.7. The molecule has 0 saturated carbocycles. The number of ether oxygens (including phenoxy) is 1. The van der Waals surface area contributed by atoms with Crippen LogP contribution >= 0.6 is 0 Å². The summed E-state index contributed by atoms with van der Waals surface area (Å²) in [6, 6.07) is 43.1. The molecular weight excluding hydrogens is 971 g/mol. The zero-order valence-corrected chi connectivity index (χ0v) is 48.0. The zero-order chi connectivity index (χ0) is 52.8. The predicted molar refractivity (Wildman–Crippen MR) is 307 cm³/mol. The molecule has 0 spiro atoms. The van der Waals surface area contributed by atoms with E-state index in [2.05, 4.69) is 212 Å². The van der Waals surface area contributed by atoms with Crippen LogP contribution in [0.3, 0.4) is 0 Å². The molecule has 14 nitrogen and oxygen atoms in total. The highest BCUT2D eigenvalue weighted by Crippen LogP contribution is 2.48. The van der Waals surface area contributed by atoms with E-state index in [-0.39, 0.29) is 45.4 Å². The Morgan fingerprint density at radius 1 is 0.627 bits per heavy atom. The predicted octanol–water partition coefficient (Wildman–Crippen LogP) is 10.5. The third-order valence-corrected chi connectivity index (χ3v) is 25.5. The molecule has 6 aromatic rings. The molecule has 2 aromatic heterocycles. The third kappa shape index (κ3) is 14.8. The highest BCUT2D eigenvalue weighted by atomic mass is 28.5. The van der Waals surface area contributed by atoms with Crippen LogP contribution in [0.25, 0.3) is 11.2 Å². The monoisotopic (exact) mass is 1060 g/mol. The van der Waals surface area contributed by atoms with Crippen LogP contribution < -0.4 is 16.2 Å². The Kier molecular flexibility index (Phi) is 20.3. The Bertz CT molecular complexity index is 2660. The van der Waals surface area contributed by atoms with Crippen LogP contribution in [0.1, 0.15) is 96.7 Å². The topological polar surface area (TPSA) is 134 Å². The van der Waals surface area contributed by atoms with Gasteiger partial charge in [0.05, 0.1) is 19.0 Å². The highest BCUT2D eigenvalue weighted by Gasteiger charge is 2.60. The molecule has 2 aliphatic heterocycles. The van der Waals surface area contributed by atoms with Gasteiger partial charge in [-0.1, -0.05) is 177 Å². The second kappa shape index (κ2) is 27.0. The van der Waals surface area contributed by atoms with Gasteiger partial charge in [0.25, 0.3) is 5.56 Å². The van der Waals surface area contributed by atoms with Gasteiger partial charge in [0.15, 0.2) is 11.2 Å². The van der Waals surface area contributed by atoms with Gasteiger partial charge in [-0.05, 0) is 50.8 Å². The van der Waals surface area contributed by atoms with E-state index >= 15 is 0 Å². The van der Waals surface area contributed by atoms with E-state index in [1.807, 2.05) is 4.57 Å². The molecule has 4 heterocycles. The van der Waals surface area contributed by atoms with E-state index in [4.69, 9.17) is 22.7 Å². The molecule has 2 aliphatic rings. The summed E-state index contributed by atoms with van der Waals surface area (Å²) in [6.07, 6.45) is 2.15. The minimum Gasteiger partial charge on any atom is -0.414 e. The number of hydrogen-bond acceptors (Lipinski definition) is 12. The van der Waals surface area contributed by atoms with Crippen LogP contribution in [-0.2, 0) is 43.9 Å². The van der Waals surface area contributed by atoms with E-state index in [1.54, 1.807) is 6.33 Å². The minimum absolute atomic E-state index is 0.210. The summed E-state index contributed by atoms with van der Waals surface area (Å²) in [5.74, 6) is 0.418. The number of fused-ring (bicyclic) bond motifs is 2. The molecule has 16 heteroatoms. The van der Waals surface area contributed by atoms with Crippen molar-refractivity contribution in [3.05, 3.63) is 160 Å². The summed E-state index contributed by atoms with van der Waals surface area (Å²) in [5.41, 5.74) is 6.61. The third-order valence-electron chi connectivity index (χ3n) is 15.2. The van der Waals surface area contributed by atoms with Gasteiger partial charge in [0.1, 0.15) is 12.3 Å². The molecule has 3 atom stereocenters. The smallest absolute Gasteiger partial charge is 0.335 e. The molecule has 2 saturated heterocycles. The van der Waals surface area contributed by atoms with Gasteiger partial charge < -0.3 is 28.3 Å². The fourth-order valence-corrected chi connectivity index (χ4v) is 22.2. The Labute approximate surface area is 449 Å². The molecule has 4 aromatic carbocycles. The Morgan fingerprint density at radius 2 is 1.12 bits per heavy atom. The fourth-order valence-electron chi connectivity index (χ4n) is 11.0. The maximum Gasteiger partial charge on any atom is 0.335 e. The van der Waals surface area contributed by atoms with Gasteiger partial charge in [0, 0.05) is 85.0 Å². The Balaban J connectivity index is 0.925. The van der Waals surface area contributed by atoms with Crippen molar-refractivity contribution in [3.8, 4) is 0 Å². The number of imidazole rings is 1. The van der Waals surface area contributed by atoms with E-state index in [9.17, 15) is 4.79 Å². The number of benzene rings is 4. The molecule has 3 N–H and O–H groups in total. The number of nitrogens with zero attached hydrogens (tertiary/aromatic N) is 6. The first-order chi connectivity index (χ1) is 36.3. The van der Waals surface area contributed by atoms with Crippen molar-refractivity contribution in [1.29, 1.82) is 0 Å². The maximum atomic E-state index is 13.6. The van der Waals surface area contributed by atoms with Crippen LogP contribution in [-0.4, -0.2) is 123 Å². The molecular formula is C59H85N9O5Si2. The molecule has 0 amide bonds. The van der Waals surface area contributed by atoms with Crippen LogP contribution in [0, 0.1) is 0 Å². The second-order valence-corrected chi connectivity index (χ2v) is 30.8. The number of aromatic nitrogens is 4. The summed E-state index contributed by atoms with van der Waals surface area (Å²) in [4.78, 5) is 33.9. The van der Waals surface area contributed by atoms with Crippen molar-refractivity contribution < 1.29 is 17.7 Å². The van der Waals surface area contributed by atoms with E-state index < -0.39 is 23.3 Å². The van der Waals surface area contributed by atoms with Gasteiger partial charge in [-0.25, -0.2) is 4.98 Å². The molecule has 0 aliphatic carbocycles. The lowest BCUT2D eigenvalue weighted by molar-refractivity contribution is -0.0544. The Morgan fingerprint density at radius 3 is 1.64 bits per heavy atom. The van der Waals surface area contributed by atoms with E-state index in [0.29, 0.717) is 31.2 Å². The quantitative estimate of drug-likeness (QED) is 0.0335. The summed E-state index contributed by atoms with van der Waals surface area (Å²) in [5, 5.41) is 7.16. The first-order valence-corrected chi connectivity index (χ1v) is 31.7. The van der Waals surface area contributed by atoms with Crippen molar-refractivity contribution in [2.75, 3.05) is 64.3 Å². The fraction of sp³-hybridized carbons (Fsp3) is 0.508. The highest BCUT2D eigenvalue weighted by molar-refractivity contribution is 6.84. The lowest BCUT2D eigenvalue weighted by Gasteiger charge is -2.51.